The van der Waals surface area contributed by atoms with Crippen molar-refractivity contribution < 1.29 is 9.26 Å². The van der Waals surface area contributed by atoms with Gasteiger partial charge in [0.2, 0.25) is 5.88 Å². The Kier molecular flexibility index (Phi) is 2.22. The summed E-state index contributed by atoms with van der Waals surface area (Å²) in [7, 11) is 1.60. The first-order chi connectivity index (χ1) is 8.36. The molecule has 3 rings (SSSR count). The summed E-state index contributed by atoms with van der Waals surface area (Å²) in [4.78, 5) is 8.33. The summed E-state index contributed by atoms with van der Waals surface area (Å²) in [6, 6.07) is 9.51. The molecule has 3 aromatic rings. The van der Waals surface area contributed by atoms with Crippen LogP contribution in [0, 0.1) is 0 Å². The van der Waals surface area contributed by atoms with Gasteiger partial charge in [0.25, 0.3) is 5.89 Å². The Morgan fingerprint density at radius 3 is 2.88 bits per heavy atom. The van der Waals surface area contributed by atoms with Crippen molar-refractivity contribution in [2.45, 2.75) is 0 Å². The van der Waals surface area contributed by atoms with Crippen LogP contribution in [0.25, 0.3) is 22.4 Å². The van der Waals surface area contributed by atoms with E-state index in [1.807, 2.05) is 30.3 Å². The van der Waals surface area contributed by atoms with Gasteiger partial charge in [0.05, 0.1) is 12.6 Å². The van der Waals surface area contributed by atoms with E-state index in [1.54, 1.807) is 7.11 Å². The molecule has 5 heteroatoms. The lowest BCUT2D eigenvalue weighted by molar-refractivity contribution is 0.399. The van der Waals surface area contributed by atoms with Gasteiger partial charge in [0.1, 0.15) is 0 Å². The second kappa shape index (κ2) is 3.86. The van der Waals surface area contributed by atoms with E-state index in [1.165, 1.54) is 6.33 Å². The third-order valence-electron chi connectivity index (χ3n) is 2.48. The van der Waals surface area contributed by atoms with Gasteiger partial charge in [0.15, 0.2) is 6.33 Å². The number of benzene rings is 1. The average molecular weight is 227 g/mol. The maximum absolute atomic E-state index is 5.07. The molecule has 0 aliphatic carbocycles. The van der Waals surface area contributed by atoms with Gasteiger partial charge in [-0.05, 0) is 24.3 Å². The van der Waals surface area contributed by atoms with E-state index in [4.69, 9.17) is 9.26 Å². The van der Waals surface area contributed by atoms with Crippen molar-refractivity contribution in [3.05, 3.63) is 36.7 Å². The third kappa shape index (κ3) is 1.71. The lowest BCUT2D eigenvalue weighted by atomic mass is 10.1. The van der Waals surface area contributed by atoms with Crippen LogP contribution < -0.4 is 4.74 Å². The fraction of sp³-hybridized carbons (Fsp3) is 0.0833. The Bertz CT molecular complexity index is 650. The zero-order chi connectivity index (χ0) is 11.7. The molecule has 0 unspecified atom stereocenters. The van der Waals surface area contributed by atoms with Crippen LogP contribution in [0.2, 0.25) is 0 Å². The first-order valence-corrected chi connectivity index (χ1v) is 5.09. The molecule has 0 radical (unpaired) electrons. The molecule has 0 saturated heterocycles. The summed E-state index contributed by atoms with van der Waals surface area (Å²) in [6.07, 6.45) is 1.38. The number of ether oxygens (including phenoxy) is 1. The van der Waals surface area contributed by atoms with Crippen molar-refractivity contribution in [2.75, 3.05) is 7.11 Å². The van der Waals surface area contributed by atoms with Crippen molar-refractivity contribution in [1.29, 1.82) is 0 Å². The summed E-state index contributed by atoms with van der Waals surface area (Å²) in [5.74, 6) is 1.10. The first-order valence-electron chi connectivity index (χ1n) is 5.09. The largest absolute Gasteiger partial charge is 0.481 e. The van der Waals surface area contributed by atoms with Gasteiger partial charge in [-0.1, -0.05) is 5.16 Å². The number of hydrogen-bond donors (Lipinski definition) is 0. The maximum Gasteiger partial charge on any atom is 0.257 e. The van der Waals surface area contributed by atoms with Crippen molar-refractivity contribution >= 4 is 10.9 Å². The van der Waals surface area contributed by atoms with Crippen molar-refractivity contribution in [2.24, 2.45) is 0 Å². The number of fused-ring (bicyclic) bond motifs is 1. The lowest BCUT2D eigenvalue weighted by Crippen LogP contribution is -1.88. The highest BCUT2D eigenvalue weighted by Gasteiger charge is 2.05. The molecule has 17 heavy (non-hydrogen) atoms. The van der Waals surface area contributed by atoms with Gasteiger partial charge in [-0.3, -0.25) is 0 Å². The van der Waals surface area contributed by atoms with E-state index in [0.717, 1.165) is 16.5 Å². The molecule has 0 amide bonds. The van der Waals surface area contributed by atoms with Crippen LogP contribution >= 0.6 is 0 Å². The SMILES string of the molecule is COc1ccc2cc(-c3ncno3)ccc2n1. The fourth-order valence-electron chi connectivity index (χ4n) is 1.65. The lowest BCUT2D eigenvalue weighted by Gasteiger charge is -2.02. The van der Waals surface area contributed by atoms with Crippen LogP contribution in [0.5, 0.6) is 5.88 Å². The van der Waals surface area contributed by atoms with Gasteiger partial charge in [0, 0.05) is 17.0 Å². The molecule has 0 aliphatic heterocycles. The van der Waals surface area contributed by atoms with E-state index >= 15 is 0 Å². The highest BCUT2D eigenvalue weighted by Crippen LogP contribution is 2.23. The number of aromatic nitrogens is 3. The fourth-order valence-corrected chi connectivity index (χ4v) is 1.65. The summed E-state index contributed by atoms with van der Waals surface area (Å²) in [5, 5.41) is 4.59. The minimum atomic E-state index is 0.503. The Balaban J connectivity index is 2.14. The highest BCUT2D eigenvalue weighted by atomic mass is 16.5. The van der Waals surface area contributed by atoms with E-state index < -0.39 is 0 Å². The molecule has 2 aromatic heterocycles. The molecule has 0 bridgehead atoms. The smallest absolute Gasteiger partial charge is 0.257 e. The van der Waals surface area contributed by atoms with E-state index in [9.17, 15) is 0 Å². The minimum Gasteiger partial charge on any atom is -0.481 e. The van der Waals surface area contributed by atoms with Gasteiger partial charge < -0.3 is 9.26 Å². The summed E-state index contributed by atoms with van der Waals surface area (Å²) >= 11 is 0. The predicted molar refractivity (Wildman–Crippen MR) is 61.6 cm³/mol. The molecular weight excluding hydrogens is 218 g/mol. The molecule has 0 aliphatic rings. The topological polar surface area (TPSA) is 61.0 Å². The monoisotopic (exact) mass is 227 g/mol. The van der Waals surface area contributed by atoms with Crippen molar-refractivity contribution in [3.8, 4) is 17.3 Å². The zero-order valence-corrected chi connectivity index (χ0v) is 9.12. The average Bonchev–Trinajstić information content (AvgIpc) is 2.91. The van der Waals surface area contributed by atoms with Crippen molar-refractivity contribution in [3.63, 3.8) is 0 Å². The second-order valence-corrected chi connectivity index (χ2v) is 3.51. The van der Waals surface area contributed by atoms with Crippen LogP contribution in [0.1, 0.15) is 0 Å². The number of nitrogens with zero attached hydrogens (tertiary/aromatic N) is 3. The van der Waals surface area contributed by atoms with Crippen molar-refractivity contribution in [1.82, 2.24) is 15.1 Å². The Morgan fingerprint density at radius 2 is 2.12 bits per heavy atom. The number of pyridine rings is 1. The molecule has 5 nitrogen and oxygen atoms in total. The second-order valence-electron chi connectivity index (χ2n) is 3.51. The number of methoxy groups -OCH3 is 1. The standard InChI is InChI=1S/C12H9N3O2/c1-16-11-5-3-8-6-9(2-4-10(8)15-11)12-13-7-14-17-12/h2-7H,1H3. The minimum absolute atomic E-state index is 0.503. The summed E-state index contributed by atoms with van der Waals surface area (Å²) < 4.78 is 10.1. The van der Waals surface area contributed by atoms with E-state index in [0.29, 0.717) is 11.8 Å². The highest BCUT2D eigenvalue weighted by molar-refractivity contribution is 5.83. The zero-order valence-electron chi connectivity index (χ0n) is 9.12. The Hall–Kier alpha value is -2.43. The molecule has 0 atom stereocenters. The van der Waals surface area contributed by atoms with Gasteiger partial charge in [-0.15, -0.1) is 0 Å². The predicted octanol–water partition coefficient (Wildman–Crippen LogP) is 2.29. The number of rotatable bonds is 2. The molecular formula is C12H9N3O2. The normalized spacial score (nSPS) is 10.6. The van der Waals surface area contributed by atoms with E-state index in [2.05, 4.69) is 15.1 Å². The summed E-state index contributed by atoms with van der Waals surface area (Å²) in [6.45, 7) is 0. The summed E-state index contributed by atoms with van der Waals surface area (Å²) in [5.41, 5.74) is 1.74. The molecule has 0 fully saturated rings. The van der Waals surface area contributed by atoms with Crippen LogP contribution in [-0.4, -0.2) is 22.2 Å². The van der Waals surface area contributed by atoms with Gasteiger partial charge in [-0.2, -0.15) is 4.98 Å². The van der Waals surface area contributed by atoms with Crippen LogP contribution in [0.4, 0.5) is 0 Å². The molecule has 1 aromatic carbocycles. The molecule has 2 heterocycles. The molecule has 84 valence electrons. The Morgan fingerprint density at radius 1 is 1.18 bits per heavy atom. The van der Waals surface area contributed by atoms with Crippen LogP contribution in [-0.2, 0) is 0 Å². The third-order valence-corrected chi connectivity index (χ3v) is 2.48. The van der Waals surface area contributed by atoms with Crippen LogP contribution in [0.15, 0.2) is 41.2 Å². The molecule has 0 N–H and O–H groups in total. The Labute approximate surface area is 97.1 Å². The first kappa shape index (κ1) is 9.77. The number of hydrogen-bond acceptors (Lipinski definition) is 5. The van der Waals surface area contributed by atoms with E-state index in [-0.39, 0.29) is 0 Å². The molecule has 0 spiro atoms. The van der Waals surface area contributed by atoms with Gasteiger partial charge >= 0.3 is 0 Å². The maximum atomic E-state index is 5.07. The quantitative estimate of drug-likeness (QED) is 0.672. The molecule has 0 saturated carbocycles. The van der Waals surface area contributed by atoms with Gasteiger partial charge in [-0.25, -0.2) is 4.98 Å². The van der Waals surface area contributed by atoms with Crippen LogP contribution in [0.3, 0.4) is 0 Å².